The van der Waals surface area contributed by atoms with Crippen molar-refractivity contribution in [1.82, 2.24) is 0 Å². The average molecular weight is 286 g/mol. The molecule has 2 unspecified atom stereocenters. The maximum atomic E-state index is 12.6. The summed E-state index contributed by atoms with van der Waals surface area (Å²) in [5, 5.41) is 0. The van der Waals surface area contributed by atoms with Crippen molar-refractivity contribution in [2.45, 2.75) is 85.5 Å². The Bertz CT molecular complexity index is 341. The van der Waals surface area contributed by atoms with Gasteiger partial charge in [0.25, 0.3) is 0 Å². The van der Waals surface area contributed by atoms with Crippen LogP contribution in [0.1, 0.15) is 74.1 Å². The van der Waals surface area contributed by atoms with E-state index in [1.807, 2.05) is 34.6 Å². The van der Waals surface area contributed by atoms with Crippen molar-refractivity contribution in [3.8, 4) is 0 Å². The molecular formula is C16H30O4. The zero-order chi connectivity index (χ0) is 15.6. The first kappa shape index (κ1) is 17.4. The van der Waals surface area contributed by atoms with Crippen molar-refractivity contribution in [2.24, 2.45) is 11.3 Å². The summed E-state index contributed by atoms with van der Waals surface area (Å²) >= 11 is 0. The molecule has 118 valence electrons. The van der Waals surface area contributed by atoms with E-state index in [1.54, 1.807) is 0 Å². The second-order valence-electron chi connectivity index (χ2n) is 7.41. The Morgan fingerprint density at radius 1 is 1.25 bits per heavy atom. The van der Waals surface area contributed by atoms with Gasteiger partial charge in [-0.2, -0.15) is 9.78 Å². The normalized spacial score (nSPS) is 21.9. The first-order valence-electron chi connectivity index (χ1n) is 7.63. The Balaban J connectivity index is 2.78. The molecule has 0 N–H and O–H groups in total. The molecule has 20 heavy (non-hydrogen) atoms. The van der Waals surface area contributed by atoms with Gasteiger partial charge in [0.05, 0.1) is 5.41 Å². The highest BCUT2D eigenvalue weighted by Crippen LogP contribution is 2.43. The van der Waals surface area contributed by atoms with Gasteiger partial charge in [0.2, 0.25) is 5.79 Å². The summed E-state index contributed by atoms with van der Waals surface area (Å²) in [6, 6.07) is 0. The van der Waals surface area contributed by atoms with Crippen LogP contribution < -0.4 is 0 Å². The van der Waals surface area contributed by atoms with Crippen LogP contribution in [-0.2, 0) is 19.3 Å². The van der Waals surface area contributed by atoms with Gasteiger partial charge in [-0.25, -0.2) is 0 Å². The number of hydrogen-bond acceptors (Lipinski definition) is 4. The highest BCUT2D eigenvalue weighted by atomic mass is 17.4. The quantitative estimate of drug-likeness (QED) is 0.399. The molecule has 1 rings (SSSR count). The molecule has 1 heterocycles. The van der Waals surface area contributed by atoms with Crippen molar-refractivity contribution in [2.75, 3.05) is 0 Å². The van der Waals surface area contributed by atoms with Crippen molar-refractivity contribution in [3.63, 3.8) is 0 Å². The molecule has 0 aromatic heterocycles. The molecule has 0 bridgehead atoms. The molecule has 4 heteroatoms. The van der Waals surface area contributed by atoms with Crippen molar-refractivity contribution in [3.05, 3.63) is 0 Å². The summed E-state index contributed by atoms with van der Waals surface area (Å²) < 4.78 is 5.64. The van der Waals surface area contributed by atoms with Crippen LogP contribution in [0.4, 0.5) is 0 Å². The number of esters is 1. The fourth-order valence-corrected chi connectivity index (χ4v) is 2.34. The van der Waals surface area contributed by atoms with Crippen LogP contribution >= 0.6 is 0 Å². The van der Waals surface area contributed by atoms with E-state index in [9.17, 15) is 4.79 Å². The molecule has 1 saturated heterocycles. The third-order valence-corrected chi connectivity index (χ3v) is 4.14. The Morgan fingerprint density at radius 3 is 2.20 bits per heavy atom. The molecule has 4 nitrogen and oxygen atoms in total. The summed E-state index contributed by atoms with van der Waals surface area (Å²) in [5.41, 5.74) is -0.956. The Morgan fingerprint density at radius 2 is 1.80 bits per heavy atom. The Kier molecular flexibility index (Phi) is 5.25. The minimum atomic E-state index is -0.505. The van der Waals surface area contributed by atoms with Gasteiger partial charge in [0.1, 0.15) is 5.60 Å². The summed E-state index contributed by atoms with van der Waals surface area (Å²) in [6.45, 7) is 13.9. The first-order chi connectivity index (χ1) is 9.02. The van der Waals surface area contributed by atoms with Crippen LogP contribution in [0.15, 0.2) is 0 Å². The van der Waals surface area contributed by atoms with Crippen LogP contribution in [-0.4, -0.2) is 17.4 Å². The van der Waals surface area contributed by atoms with Crippen molar-refractivity contribution in [1.29, 1.82) is 0 Å². The van der Waals surface area contributed by atoms with E-state index in [1.165, 1.54) is 0 Å². The summed E-state index contributed by atoms with van der Waals surface area (Å²) in [6.07, 6.45) is 3.48. The van der Waals surface area contributed by atoms with E-state index >= 15 is 0 Å². The summed E-state index contributed by atoms with van der Waals surface area (Å²) in [7, 11) is 0. The molecule has 0 radical (unpaired) electrons. The first-order valence-corrected chi connectivity index (χ1v) is 7.63. The minimum Gasteiger partial charge on any atom is -0.460 e. The van der Waals surface area contributed by atoms with E-state index in [0.717, 1.165) is 12.8 Å². The third kappa shape index (κ3) is 4.74. The maximum Gasteiger partial charge on any atom is 0.312 e. The van der Waals surface area contributed by atoms with Gasteiger partial charge < -0.3 is 4.74 Å². The van der Waals surface area contributed by atoms with Gasteiger partial charge in [0.15, 0.2) is 0 Å². The fourth-order valence-electron chi connectivity index (χ4n) is 2.34. The largest absolute Gasteiger partial charge is 0.460 e. The number of carbonyl (C=O) groups excluding carboxylic acids is 1. The van der Waals surface area contributed by atoms with E-state index in [4.69, 9.17) is 14.5 Å². The van der Waals surface area contributed by atoms with E-state index in [2.05, 4.69) is 13.8 Å². The maximum absolute atomic E-state index is 12.6. The standard InChI is InChI=1S/C16H30O4/c1-8-9-12(2)15(6,10-11-16(7)19-20-16)13(17)18-14(3,4)5/h12H,8-11H2,1-7H3. The monoisotopic (exact) mass is 286 g/mol. The lowest BCUT2D eigenvalue weighted by molar-refractivity contribution is -0.171. The van der Waals surface area contributed by atoms with E-state index in [-0.39, 0.29) is 11.9 Å². The lowest BCUT2D eigenvalue weighted by Gasteiger charge is -2.36. The molecule has 0 aliphatic carbocycles. The highest BCUT2D eigenvalue weighted by molar-refractivity contribution is 5.77. The van der Waals surface area contributed by atoms with Crippen LogP contribution in [0.25, 0.3) is 0 Å². The van der Waals surface area contributed by atoms with E-state index in [0.29, 0.717) is 12.8 Å². The molecule has 0 spiro atoms. The fraction of sp³-hybridized carbons (Fsp3) is 0.938. The zero-order valence-corrected chi connectivity index (χ0v) is 14.0. The molecule has 1 aliphatic rings. The number of rotatable bonds is 7. The van der Waals surface area contributed by atoms with Crippen LogP contribution in [0.2, 0.25) is 0 Å². The Hall–Kier alpha value is -0.610. The second-order valence-corrected chi connectivity index (χ2v) is 7.41. The predicted molar refractivity (Wildman–Crippen MR) is 77.8 cm³/mol. The highest BCUT2D eigenvalue weighted by Gasteiger charge is 2.48. The third-order valence-electron chi connectivity index (χ3n) is 4.14. The van der Waals surface area contributed by atoms with Gasteiger partial charge in [-0.15, -0.1) is 0 Å². The van der Waals surface area contributed by atoms with Gasteiger partial charge in [-0.1, -0.05) is 20.3 Å². The van der Waals surface area contributed by atoms with Crippen LogP contribution in [0, 0.1) is 11.3 Å². The summed E-state index contributed by atoms with van der Waals surface area (Å²) in [4.78, 5) is 22.5. The van der Waals surface area contributed by atoms with Crippen molar-refractivity contribution < 1.29 is 19.3 Å². The molecule has 0 saturated carbocycles. The lowest BCUT2D eigenvalue weighted by Crippen LogP contribution is -2.40. The molecule has 1 fully saturated rings. The Labute approximate surface area is 123 Å². The van der Waals surface area contributed by atoms with Gasteiger partial charge in [0, 0.05) is 6.42 Å². The van der Waals surface area contributed by atoms with Crippen LogP contribution in [0.5, 0.6) is 0 Å². The van der Waals surface area contributed by atoms with Crippen LogP contribution in [0.3, 0.4) is 0 Å². The average Bonchev–Trinajstić information content (AvgIpc) is 3.03. The SMILES string of the molecule is CCCC(C)C(C)(CCC1(C)OO1)C(=O)OC(C)(C)C. The second kappa shape index (κ2) is 6.02. The molecule has 0 amide bonds. The number of hydrogen-bond donors (Lipinski definition) is 0. The number of carbonyl (C=O) groups is 1. The topological polar surface area (TPSA) is 51.4 Å². The molecule has 0 aromatic rings. The van der Waals surface area contributed by atoms with Crippen molar-refractivity contribution >= 4 is 5.97 Å². The zero-order valence-electron chi connectivity index (χ0n) is 14.0. The smallest absolute Gasteiger partial charge is 0.312 e. The minimum absolute atomic E-state index is 0.116. The van der Waals surface area contributed by atoms with Gasteiger partial charge in [-0.3, -0.25) is 4.79 Å². The predicted octanol–water partition coefficient (Wildman–Crippen LogP) is 4.23. The lowest BCUT2D eigenvalue weighted by atomic mass is 9.72. The van der Waals surface area contributed by atoms with Gasteiger partial charge >= 0.3 is 5.97 Å². The van der Waals surface area contributed by atoms with Gasteiger partial charge in [-0.05, 0) is 53.4 Å². The molecule has 2 atom stereocenters. The molecule has 1 aliphatic heterocycles. The molecular weight excluding hydrogens is 256 g/mol. The summed E-state index contributed by atoms with van der Waals surface area (Å²) in [5.74, 6) is -0.352. The number of ether oxygens (including phenoxy) is 1. The van der Waals surface area contributed by atoms with E-state index < -0.39 is 16.8 Å². The molecule has 0 aromatic carbocycles.